The van der Waals surface area contributed by atoms with E-state index in [0.717, 1.165) is 18.4 Å². The Balaban J connectivity index is 1.92. The van der Waals surface area contributed by atoms with Gasteiger partial charge in [-0.2, -0.15) is 0 Å². The van der Waals surface area contributed by atoms with Gasteiger partial charge in [0.2, 0.25) is 0 Å². The van der Waals surface area contributed by atoms with Crippen LogP contribution in [0.5, 0.6) is 0 Å². The van der Waals surface area contributed by atoms with Gasteiger partial charge in [0.05, 0.1) is 6.04 Å². The van der Waals surface area contributed by atoms with E-state index in [1.54, 1.807) is 11.0 Å². The van der Waals surface area contributed by atoms with Gasteiger partial charge in [0.15, 0.2) is 0 Å². The summed E-state index contributed by atoms with van der Waals surface area (Å²) in [5.41, 5.74) is 3.67. The van der Waals surface area contributed by atoms with E-state index < -0.39 is 0 Å². The van der Waals surface area contributed by atoms with Gasteiger partial charge in [0.1, 0.15) is 6.54 Å². The standard InChI is InChI=1S/C16H18N2O2/c1-3-9-17-10-15(19)18(16(17)20)14-8-7-12-11(2)5-4-6-13(12)14/h3-6,14H,1,7-10H2,2H3. The topological polar surface area (TPSA) is 40.6 Å². The van der Waals surface area contributed by atoms with Gasteiger partial charge in [-0.3, -0.25) is 9.69 Å². The van der Waals surface area contributed by atoms with Crippen molar-refractivity contribution in [1.82, 2.24) is 9.80 Å². The van der Waals surface area contributed by atoms with Gasteiger partial charge in [0, 0.05) is 6.54 Å². The molecular weight excluding hydrogens is 252 g/mol. The number of fused-ring (bicyclic) bond motifs is 1. The molecule has 0 saturated carbocycles. The molecule has 0 aromatic heterocycles. The summed E-state index contributed by atoms with van der Waals surface area (Å²) in [7, 11) is 0. The minimum absolute atomic E-state index is 0.0975. The monoisotopic (exact) mass is 270 g/mol. The molecule has 20 heavy (non-hydrogen) atoms. The van der Waals surface area contributed by atoms with Crippen LogP contribution in [0.15, 0.2) is 30.9 Å². The fraction of sp³-hybridized carbons (Fsp3) is 0.375. The van der Waals surface area contributed by atoms with Gasteiger partial charge in [-0.15, -0.1) is 6.58 Å². The molecule has 0 bridgehead atoms. The summed E-state index contributed by atoms with van der Waals surface area (Å²) < 4.78 is 0. The van der Waals surface area contributed by atoms with Crippen molar-refractivity contribution < 1.29 is 9.59 Å². The van der Waals surface area contributed by atoms with E-state index in [9.17, 15) is 9.59 Å². The first kappa shape index (κ1) is 12.9. The largest absolute Gasteiger partial charge is 0.328 e. The number of rotatable bonds is 3. The van der Waals surface area contributed by atoms with Crippen LogP contribution in [0.1, 0.15) is 29.2 Å². The normalized spacial score (nSPS) is 21.6. The molecule has 1 fully saturated rings. The average Bonchev–Trinajstić information content (AvgIpc) is 2.94. The number of hydrogen-bond acceptors (Lipinski definition) is 2. The van der Waals surface area contributed by atoms with Crippen LogP contribution >= 0.6 is 0 Å². The highest BCUT2D eigenvalue weighted by atomic mass is 16.2. The summed E-state index contributed by atoms with van der Waals surface area (Å²) in [5.74, 6) is -0.101. The number of imide groups is 1. The molecule has 0 radical (unpaired) electrons. The van der Waals surface area contributed by atoms with Gasteiger partial charge >= 0.3 is 6.03 Å². The molecule has 1 heterocycles. The van der Waals surface area contributed by atoms with Crippen LogP contribution in [0.2, 0.25) is 0 Å². The fourth-order valence-electron chi connectivity index (χ4n) is 3.26. The van der Waals surface area contributed by atoms with Crippen LogP contribution in [0.3, 0.4) is 0 Å². The highest BCUT2D eigenvalue weighted by Gasteiger charge is 2.42. The Labute approximate surface area is 118 Å². The third-order valence-electron chi connectivity index (χ3n) is 4.21. The third kappa shape index (κ3) is 1.83. The van der Waals surface area contributed by atoms with E-state index >= 15 is 0 Å². The summed E-state index contributed by atoms with van der Waals surface area (Å²) in [6, 6.07) is 5.84. The van der Waals surface area contributed by atoms with Crippen molar-refractivity contribution in [2.45, 2.75) is 25.8 Å². The molecular formula is C16H18N2O2. The highest BCUT2D eigenvalue weighted by Crippen LogP contribution is 2.39. The predicted molar refractivity (Wildman–Crippen MR) is 76.3 cm³/mol. The van der Waals surface area contributed by atoms with Crippen LogP contribution in [-0.2, 0) is 11.2 Å². The number of aryl methyl sites for hydroxylation is 1. The average molecular weight is 270 g/mol. The first-order valence-electron chi connectivity index (χ1n) is 6.93. The molecule has 1 aliphatic carbocycles. The van der Waals surface area contributed by atoms with Gasteiger partial charge in [-0.1, -0.05) is 24.3 Å². The number of benzene rings is 1. The number of carbonyl (C=O) groups excluding carboxylic acids is 2. The molecule has 4 heteroatoms. The zero-order chi connectivity index (χ0) is 14.3. The molecule has 1 aromatic rings. The Hall–Kier alpha value is -2.10. The summed E-state index contributed by atoms with van der Waals surface area (Å²) in [6.07, 6.45) is 3.42. The molecule has 1 saturated heterocycles. The minimum atomic E-state index is -0.186. The van der Waals surface area contributed by atoms with Crippen LogP contribution in [0, 0.1) is 6.92 Å². The predicted octanol–water partition coefficient (Wildman–Crippen LogP) is 2.43. The second-order valence-electron chi connectivity index (χ2n) is 5.41. The van der Waals surface area contributed by atoms with Crippen LogP contribution in [0.4, 0.5) is 4.79 Å². The minimum Gasteiger partial charge on any atom is -0.311 e. The third-order valence-corrected chi connectivity index (χ3v) is 4.21. The van der Waals surface area contributed by atoms with Gasteiger partial charge in [-0.25, -0.2) is 4.79 Å². The number of amides is 3. The maximum atomic E-state index is 12.4. The number of nitrogens with zero attached hydrogens (tertiary/aromatic N) is 2. The van der Waals surface area contributed by atoms with E-state index in [1.807, 2.05) is 12.1 Å². The smallest absolute Gasteiger partial charge is 0.311 e. The lowest BCUT2D eigenvalue weighted by atomic mass is 10.0. The highest BCUT2D eigenvalue weighted by molar-refractivity contribution is 6.02. The van der Waals surface area contributed by atoms with E-state index in [4.69, 9.17) is 0 Å². The molecule has 104 valence electrons. The van der Waals surface area contributed by atoms with Crippen molar-refractivity contribution in [2.75, 3.05) is 13.1 Å². The first-order valence-corrected chi connectivity index (χ1v) is 6.93. The van der Waals surface area contributed by atoms with Crippen molar-refractivity contribution in [1.29, 1.82) is 0 Å². The Morgan fingerprint density at radius 3 is 2.95 bits per heavy atom. The SMILES string of the molecule is C=CCN1CC(=O)N(C2CCc3c(C)cccc32)C1=O. The quantitative estimate of drug-likeness (QED) is 0.625. The van der Waals surface area contributed by atoms with Crippen LogP contribution in [-0.4, -0.2) is 34.8 Å². The molecule has 0 spiro atoms. The molecule has 4 nitrogen and oxygen atoms in total. The summed E-state index contributed by atoms with van der Waals surface area (Å²) in [4.78, 5) is 27.5. The number of carbonyl (C=O) groups is 2. The van der Waals surface area contributed by atoms with Crippen LogP contribution in [0.25, 0.3) is 0 Å². The Morgan fingerprint density at radius 1 is 1.40 bits per heavy atom. The second-order valence-corrected chi connectivity index (χ2v) is 5.41. The summed E-state index contributed by atoms with van der Waals surface area (Å²) in [6.45, 7) is 6.31. The second kappa shape index (κ2) is 4.78. The lowest BCUT2D eigenvalue weighted by Crippen LogP contribution is -2.35. The maximum absolute atomic E-state index is 12.4. The first-order chi connectivity index (χ1) is 9.63. The number of hydrogen-bond donors (Lipinski definition) is 0. The molecule has 2 aliphatic rings. The van der Waals surface area contributed by atoms with Crippen LogP contribution < -0.4 is 0 Å². The van der Waals surface area contributed by atoms with Crippen molar-refractivity contribution in [3.05, 3.63) is 47.5 Å². The molecule has 0 N–H and O–H groups in total. The number of urea groups is 1. The lowest BCUT2D eigenvalue weighted by molar-refractivity contribution is -0.126. The molecule has 3 amide bonds. The van der Waals surface area contributed by atoms with Crippen molar-refractivity contribution >= 4 is 11.9 Å². The zero-order valence-corrected chi connectivity index (χ0v) is 11.6. The summed E-state index contributed by atoms with van der Waals surface area (Å²) in [5, 5.41) is 0. The van der Waals surface area contributed by atoms with E-state index in [-0.39, 0.29) is 24.5 Å². The van der Waals surface area contributed by atoms with Gasteiger partial charge in [-0.05, 0) is 36.5 Å². The Kier molecular flexibility index (Phi) is 3.08. The molecule has 1 unspecified atom stereocenters. The maximum Gasteiger partial charge on any atom is 0.328 e. The molecule has 1 aromatic carbocycles. The van der Waals surface area contributed by atoms with Crippen molar-refractivity contribution in [3.63, 3.8) is 0 Å². The van der Waals surface area contributed by atoms with Crippen molar-refractivity contribution in [3.8, 4) is 0 Å². The fourth-order valence-corrected chi connectivity index (χ4v) is 3.26. The van der Waals surface area contributed by atoms with Crippen molar-refractivity contribution in [2.24, 2.45) is 0 Å². The molecule has 1 atom stereocenters. The van der Waals surface area contributed by atoms with E-state index in [2.05, 4.69) is 19.6 Å². The molecule has 3 rings (SSSR count). The lowest BCUT2D eigenvalue weighted by Gasteiger charge is -2.23. The summed E-state index contributed by atoms with van der Waals surface area (Å²) >= 11 is 0. The Bertz CT molecular complexity index is 594. The van der Waals surface area contributed by atoms with Gasteiger partial charge in [0.25, 0.3) is 5.91 Å². The van der Waals surface area contributed by atoms with E-state index in [1.165, 1.54) is 16.0 Å². The van der Waals surface area contributed by atoms with E-state index in [0.29, 0.717) is 6.54 Å². The molecule has 1 aliphatic heterocycles. The van der Waals surface area contributed by atoms with Gasteiger partial charge < -0.3 is 4.90 Å². The Morgan fingerprint density at radius 2 is 2.20 bits per heavy atom. The zero-order valence-electron chi connectivity index (χ0n) is 11.6.